The van der Waals surface area contributed by atoms with Gasteiger partial charge in [-0.25, -0.2) is 13.2 Å². The number of halogens is 1. The number of sulfonamides is 1. The average Bonchev–Trinajstić information content (AvgIpc) is 3.21. The molecule has 9 heteroatoms. The summed E-state index contributed by atoms with van der Waals surface area (Å²) >= 11 is 6.19. The molecule has 0 atom stereocenters. The molecule has 0 aliphatic carbocycles. The number of anilines is 1. The number of esters is 1. The van der Waals surface area contributed by atoms with E-state index >= 15 is 0 Å². The Hall–Kier alpha value is -2.58. The summed E-state index contributed by atoms with van der Waals surface area (Å²) in [5.41, 5.74) is 1.54. The molecule has 2 aromatic carbocycles. The predicted molar refractivity (Wildman–Crippen MR) is 119 cm³/mol. The monoisotopic (exact) mass is 464 g/mol. The fourth-order valence-corrected chi connectivity index (χ4v) is 5.49. The van der Waals surface area contributed by atoms with Crippen LogP contribution >= 0.6 is 11.6 Å². The van der Waals surface area contributed by atoms with Crippen molar-refractivity contribution in [2.24, 2.45) is 0 Å². The van der Waals surface area contributed by atoms with Crippen molar-refractivity contribution < 1.29 is 22.7 Å². The van der Waals surface area contributed by atoms with E-state index in [0.717, 1.165) is 18.4 Å². The number of para-hydroxylation sites is 1. The van der Waals surface area contributed by atoms with Crippen LogP contribution in [0.3, 0.4) is 0 Å². The van der Waals surface area contributed by atoms with E-state index in [1.165, 1.54) is 22.5 Å². The summed E-state index contributed by atoms with van der Waals surface area (Å²) in [6.07, 6.45) is 2.14. The van der Waals surface area contributed by atoms with Gasteiger partial charge in [0.2, 0.25) is 0 Å². The van der Waals surface area contributed by atoms with Crippen molar-refractivity contribution in [1.29, 1.82) is 0 Å². The van der Waals surface area contributed by atoms with Crippen LogP contribution in [-0.2, 0) is 26.0 Å². The minimum atomic E-state index is -3.98. The van der Waals surface area contributed by atoms with Crippen molar-refractivity contribution in [3.8, 4) is 0 Å². The van der Waals surface area contributed by atoms with Gasteiger partial charge in [-0.3, -0.25) is 9.10 Å². The lowest BCUT2D eigenvalue weighted by molar-refractivity contribution is -0.125. The van der Waals surface area contributed by atoms with Gasteiger partial charge in [0.05, 0.1) is 16.3 Å². The number of nitrogens with zero attached hydrogens (tertiary/aromatic N) is 1. The molecule has 0 aromatic heterocycles. The highest BCUT2D eigenvalue weighted by molar-refractivity contribution is 7.93. The number of hydrogen-bond acceptors (Lipinski definition) is 5. The molecule has 7 nitrogen and oxygen atoms in total. The largest absolute Gasteiger partial charge is 0.452 e. The first-order valence-electron chi connectivity index (χ1n) is 10.1. The molecular weight excluding hydrogens is 440 g/mol. The van der Waals surface area contributed by atoms with E-state index < -0.39 is 28.5 Å². The number of carbonyl (C=O) groups excluding carboxylic acids is 2. The van der Waals surface area contributed by atoms with Gasteiger partial charge in [0, 0.05) is 12.6 Å². The van der Waals surface area contributed by atoms with Crippen molar-refractivity contribution >= 4 is 39.2 Å². The Morgan fingerprint density at radius 3 is 2.58 bits per heavy atom. The number of amides is 1. The van der Waals surface area contributed by atoms with Crippen molar-refractivity contribution in [3.63, 3.8) is 0 Å². The summed E-state index contributed by atoms with van der Waals surface area (Å²) in [6.45, 7) is 3.76. The highest BCUT2D eigenvalue weighted by Crippen LogP contribution is 2.35. The van der Waals surface area contributed by atoms with Crippen LogP contribution in [0.2, 0.25) is 5.02 Å². The van der Waals surface area contributed by atoms with E-state index in [4.69, 9.17) is 16.3 Å². The Morgan fingerprint density at radius 2 is 1.87 bits per heavy atom. The van der Waals surface area contributed by atoms with E-state index in [2.05, 4.69) is 5.32 Å². The van der Waals surface area contributed by atoms with Crippen LogP contribution in [0, 0.1) is 0 Å². The molecule has 1 heterocycles. The molecule has 1 aliphatic heterocycles. The number of nitrogens with one attached hydrogen (secondary N) is 1. The predicted octanol–water partition coefficient (Wildman–Crippen LogP) is 3.55. The van der Waals surface area contributed by atoms with E-state index in [1.807, 2.05) is 26.0 Å². The molecule has 0 fully saturated rings. The highest BCUT2D eigenvalue weighted by atomic mass is 35.5. The second-order valence-corrected chi connectivity index (χ2v) is 9.50. The third kappa shape index (κ3) is 5.02. The molecule has 1 N–H and O–H groups in total. The molecule has 1 amide bonds. The molecule has 0 saturated carbocycles. The SMILES string of the molecule is CCC(CC)NC(=O)COC(=O)c1ccc(Cl)c(S(=O)(=O)N2CCc3ccccc32)c1. The van der Waals surface area contributed by atoms with Gasteiger partial charge in [0.25, 0.3) is 15.9 Å². The van der Waals surface area contributed by atoms with E-state index in [-0.39, 0.29) is 21.5 Å². The van der Waals surface area contributed by atoms with Gasteiger partial charge in [0.1, 0.15) is 4.90 Å². The maximum Gasteiger partial charge on any atom is 0.338 e. The Balaban J connectivity index is 1.77. The summed E-state index contributed by atoms with van der Waals surface area (Å²) in [5, 5.41) is 2.78. The zero-order chi connectivity index (χ0) is 22.6. The molecule has 31 heavy (non-hydrogen) atoms. The molecule has 166 valence electrons. The topological polar surface area (TPSA) is 92.8 Å². The lowest BCUT2D eigenvalue weighted by Gasteiger charge is -2.20. The standard InChI is InChI=1S/C22H25ClN2O5S/c1-3-17(4-2)24-21(26)14-30-22(27)16-9-10-18(23)20(13-16)31(28,29)25-12-11-15-7-5-6-8-19(15)25/h5-10,13,17H,3-4,11-12,14H2,1-2H3,(H,24,26). The Labute approximate surface area is 187 Å². The van der Waals surface area contributed by atoms with Gasteiger partial charge in [-0.1, -0.05) is 43.6 Å². The van der Waals surface area contributed by atoms with E-state index in [9.17, 15) is 18.0 Å². The molecule has 3 rings (SSSR count). The van der Waals surface area contributed by atoms with Crippen LogP contribution in [0.15, 0.2) is 47.4 Å². The fourth-order valence-electron chi connectivity index (χ4n) is 3.48. The molecular formula is C22H25ClN2O5S. The van der Waals surface area contributed by atoms with Gasteiger partial charge in [-0.05, 0) is 49.1 Å². The van der Waals surface area contributed by atoms with Crippen LogP contribution in [0.25, 0.3) is 0 Å². The molecule has 0 spiro atoms. The molecule has 2 aromatic rings. The smallest absolute Gasteiger partial charge is 0.338 e. The molecule has 1 aliphatic rings. The molecule has 0 bridgehead atoms. The normalized spacial score (nSPS) is 13.2. The second kappa shape index (κ2) is 9.70. The fraction of sp³-hybridized carbons (Fsp3) is 0.364. The minimum Gasteiger partial charge on any atom is -0.452 e. The number of hydrogen-bond donors (Lipinski definition) is 1. The summed E-state index contributed by atoms with van der Waals surface area (Å²) < 4.78 is 32.9. The van der Waals surface area contributed by atoms with Gasteiger partial charge < -0.3 is 10.1 Å². The van der Waals surface area contributed by atoms with Gasteiger partial charge >= 0.3 is 5.97 Å². The third-order valence-electron chi connectivity index (χ3n) is 5.26. The van der Waals surface area contributed by atoms with Gasteiger partial charge in [-0.2, -0.15) is 0 Å². The van der Waals surface area contributed by atoms with E-state index in [1.54, 1.807) is 12.1 Å². The summed E-state index contributed by atoms with van der Waals surface area (Å²) in [6, 6.07) is 11.2. The Morgan fingerprint density at radius 1 is 1.16 bits per heavy atom. The number of carbonyl (C=O) groups is 2. The zero-order valence-corrected chi connectivity index (χ0v) is 19.0. The molecule has 0 unspecified atom stereocenters. The first kappa shape index (κ1) is 23.1. The quantitative estimate of drug-likeness (QED) is 0.603. The van der Waals surface area contributed by atoms with Gasteiger partial charge in [0.15, 0.2) is 6.61 Å². The summed E-state index contributed by atoms with van der Waals surface area (Å²) in [7, 11) is -3.98. The molecule has 0 radical (unpaired) electrons. The lowest BCUT2D eigenvalue weighted by Crippen LogP contribution is -2.36. The number of rotatable bonds is 8. The van der Waals surface area contributed by atoms with Gasteiger partial charge in [-0.15, -0.1) is 0 Å². The minimum absolute atomic E-state index is 0.00536. The Bertz CT molecular complexity index is 1080. The maximum atomic E-state index is 13.3. The molecule has 0 saturated heterocycles. The van der Waals surface area contributed by atoms with Crippen LogP contribution in [0.1, 0.15) is 42.6 Å². The summed E-state index contributed by atoms with van der Waals surface area (Å²) in [4.78, 5) is 24.2. The van der Waals surface area contributed by atoms with Crippen molar-refractivity contribution in [2.75, 3.05) is 17.5 Å². The second-order valence-electron chi connectivity index (χ2n) is 7.26. The number of benzene rings is 2. The maximum absolute atomic E-state index is 13.3. The zero-order valence-electron chi connectivity index (χ0n) is 17.4. The summed E-state index contributed by atoms with van der Waals surface area (Å²) in [5.74, 6) is -1.20. The third-order valence-corrected chi connectivity index (χ3v) is 7.56. The lowest BCUT2D eigenvalue weighted by atomic mass is 10.2. The number of fused-ring (bicyclic) bond motifs is 1. The van der Waals surface area contributed by atoms with Crippen molar-refractivity contribution in [2.45, 2.75) is 44.0 Å². The van der Waals surface area contributed by atoms with Crippen LogP contribution in [0.4, 0.5) is 5.69 Å². The average molecular weight is 465 g/mol. The first-order valence-corrected chi connectivity index (χ1v) is 12.0. The Kier molecular flexibility index (Phi) is 7.23. The van der Waals surface area contributed by atoms with Crippen LogP contribution in [0.5, 0.6) is 0 Å². The van der Waals surface area contributed by atoms with Crippen LogP contribution < -0.4 is 9.62 Å². The number of ether oxygens (including phenoxy) is 1. The van der Waals surface area contributed by atoms with E-state index in [0.29, 0.717) is 18.7 Å². The van der Waals surface area contributed by atoms with Crippen LogP contribution in [-0.4, -0.2) is 39.5 Å². The highest BCUT2D eigenvalue weighted by Gasteiger charge is 2.32. The van der Waals surface area contributed by atoms with Crippen molar-refractivity contribution in [3.05, 3.63) is 58.6 Å². The first-order chi connectivity index (χ1) is 14.8. The van der Waals surface area contributed by atoms with Crippen molar-refractivity contribution in [1.82, 2.24) is 5.32 Å².